The Kier molecular flexibility index (Phi) is 5.01. The maximum Gasteiger partial charge on any atom is 0.236 e. The van der Waals surface area contributed by atoms with Gasteiger partial charge in [0.2, 0.25) is 5.91 Å². The van der Waals surface area contributed by atoms with E-state index in [0.29, 0.717) is 12.5 Å². The summed E-state index contributed by atoms with van der Waals surface area (Å²) in [6.07, 6.45) is 2.36. The summed E-state index contributed by atoms with van der Waals surface area (Å²) in [6, 6.07) is 0. The Labute approximate surface area is 111 Å². The number of nitrogens with zero attached hydrogens (tertiary/aromatic N) is 2. The molecule has 0 unspecified atom stereocenters. The number of nitrogens with one attached hydrogen (secondary N) is 1. The van der Waals surface area contributed by atoms with E-state index in [1.807, 2.05) is 0 Å². The van der Waals surface area contributed by atoms with Crippen molar-refractivity contribution < 1.29 is 4.79 Å². The SMILES string of the molecule is CCN(CC)CC(=O)N1CC[C@@H]2CNC[C@@H]2CC1. The van der Waals surface area contributed by atoms with Crippen molar-refractivity contribution in [2.45, 2.75) is 26.7 Å². The van der Waals surface area contributed by atoms with Crippen molar-refractivity contribution in [3.63, 3.8) is 0 Å². The Hall–Kier alpha value is -0.610. The maximum atomic E-state index is 12.3. The summed E-state index contributed by atoms with van der Waals surface area (Å²) in [5.74, 6) is 1.93. The lowest BCUT2D eigenvalue weighted by Gasteiger charge is -2.25. The number of hydrogen-bond acceptors (Lipinski definition) is 3. The summed E-state index contributed by atoms with van der Waals surface area (Å²) < 4.78 is 0. The highest BCUT2D eigenvalue weighted by atomic mass is 16.2. The van der Waals surface area contributed by atoms with E-state index in [1.165, 1.54) is 12.8 Å². The van der Waals surface area contributed by atoms with Gasteiger partial charge in [0, 0.05) is 13.1 Å². The first-order chi connectivity index (χ1) is 8.74. The molecule has 4 heteroatoms. The first-order valence-electron chi connectivity index (χ1n) is 7.45. The fourth-order valence-corrected chi connectivity index (χ4v) is 3.21. The second-order valence-corrected chi connectivity index (χ2v) is 5.60. The minimum atomic E-state index is 0.326. The minimum Gasteiger partial charge on any atom is -0.342 e. The van der Waals surface area contributed by atoms with Gasteiger partial charge in [-0.15, -0.1) is 0 Å². The van der Waals surface area contributed by atoms with E-state index in [2.05, 4.69) is 29.0 Å². The van der Waals surface area contributed by atoms with Gasteiger partial charge >= 0.3 is 0 Å². The Morgan fingerprint density at radius 2 is 1.72 bits per heavy atom. The van der Waals surface area contributed by atoms with Crippen molar-refractivity contribution in [2.24, 2.45) is 11.8 Å². The molecule has 2 aliphatic rings. The van der Waals surface area contributed by atoms with E-state index in [0.717, 1.165) is 51.1 Å². The molecule has 2 heterocycles. The first kappa shape index (κ1) is 13.8. The number of carbonyl (C=O) groups excluding carboxylic acids is 1. The molecule has 0 spiro atoms. The largest absolute Gasteiger partial charge is 0.342 e. The summed E-state index contributed by atoms with van der Waals surface area (Å²) in [6.45, 7) is 11.0. The summed E-state index contributed by atoms with van der Waals surface area (Å²) in [5, 5.41) is 3.47. The molecule has 0 radical (unpaired) electrons. The smallest absolute Gasteiger partial charge is 0.236 e. The van der Waals surface area contributed by atoms with E-state index in [-0.39, 0.29) is 0 Å². The van der Waals surface area contributed by atoms with Gasteiger partial charge in [-0.1, -0.05) is 13.8 Å². The molecule has 0 aromatic heterocycles. The standard InChI is InChI=1S/C14H27N3O/c1-3-16(4-2)11-14(18)17-7-5-12-9-15-10-13(12)6-8-17/h12-13,15H,3-11H2,1-2H3/t12-,13+. The summed E-state index contributed by atoms with van der Waals surface area (Å²) in [7, 11) is 0. The van der Waals surface area contributed by atoms with Crippen LogP contribution in [0.1, 0.15) is 26.7 Å². The van der Waals surface area contributed by atoms with E-state index in [9.17, 15) is 4.79 Å². The van der Waals surface area contributed by atoms with Crippen molar-refractivity contribution in [3.8, 4) is 0 Å². The molecule has 2 fully saturated rings. The van der Waals surface area contributed by atoms with E-state index >= 15 is 0 Å². The molecule has 0 saturated carbocycles. The molecule has 2 saturated heterocycles. The average Bonchev–Trinajstić information content (AvgIpc) is 2.74. The summed E-state index contributed by atoms with van der Waals surface area (Å²) in [4.78, 5) is 16.6. The lowest BCUT2D eigenvalue weighted by Crippen LogP contribution is -2.41. The molecule has 0 bridgehead atoms. The maximum absolute atomic E-state index is 12.3. The van der Waals surface area contributed by atoms with Crippen LogP contribution in [0.25, 0.3) is 0 Å². The fraction of sp³-hybridized carbons (Fsp3) is 0.929. The molecular weight excluding hydrogens is 226 g/mol. The second-order valence-electron chi connectivity index (χ2n) is 5.60. The average molecular weight is 253 g/mol. The molecule has 0 aromatic carbocycles. The predicted molar refractivity (Wildman–Crippen MR) is 73.5 cm³/mol. The van der Waals surface area contributed by atoms with Crippen molar-refractivity contribution in [1.29, 1.82) is 0 Å². The fourth-order valence-electron chi connectivity index (χ4n) is 3.21. The molecule has 18 heavy (non-hydrogen) atoms. The van der Waals surface area contributed by atoms with Crippen molar-refractivity contribution >= 4 is 5.91 Å². The third-order valence-corrected chi connectivity index (χ3v) is 4.63. The normalized spacial score (nSPS) is 28.3. The molecule has 2 rings (SSSR count). The van der Waals surface area contributed by atoms with Crippen LogP contribution in [0.15, 0.2) is 0 Å². The van der Waals surface area contributed by atoms with Crippen molar-refractivity contribution in [1.82, 2.24) is 15.1 Å². The quantitative estimate of drug-likeness (QED) is 0.804. The molecular formula is C14H27N3O. The lowest BCUT2D eigenvalue weighted by atomic mass is 9.92. The molecule has 0 aromatic rings. The van der Waals surface area contributed by atoms with Crippen LogP contribution in [0.2, 0.25) is 0 Å². The molecule has 0 aliphatic carbocycles. The number of amides is 1. The van der Waals surface area contributed by atoms with Crippen molar-refractivity contribution in [3.05, 3.63) is 0 Å². The highest BCUT2D eigenvalue weighted by Crippen LogP contribution is 2.27. The van der Waals surface area contributed by atoms with Gasteiger partial charge in [-0.05, 0) is 50.9 Å². The topological polar surface area (TPSA) is 35.6 Å². The number of hydrogen-bond donors (Lipinski definition) is 1. The van der Waals surface area contributed by atoms with Gasteiger partial charge in [0.15, 0.2) is 0 Å². The highest BCUT2D eigenvalue weighted by Gasteiger charge is 2.31. The van der Waals surface area contributed by atoms with Crippen molar-refractivity contribution in [2.75, 3.05) is 45.8 Å². The molecule has 1 amide bonds. The third kappa shape index (κ3) is 3.23. The molecule has 104 valence electrons. The van der Waals surface area contributed by atoms with Crippen LogP contribution in [-0.4, -0.2) is 61.5 Å². The van der Waals surface area contributed by atoms with Crippen LogP contribution in [0.5, 0.6) is 0 Å². The Balaban J connectivity index is 1.84. The molecule has 2 atom stereocenters. The van der Waals surface area contributed by atoms with Crippen LogP contribution in [0.3, 0.4) is 0 Å². The zero-order chi connectivity index (χ0) is 13.0. The Morgan fingerprint density at radius 1 is 1.17 bits per heavy atom. The van der Waals surface area contributed by atoms with E-state index in [4.69, 9.17) is 0 Å². The summed E-state index contributed by atoms with van der Waals surface area (Å²) in [5.41, 5.74) is 0. The number of rotatable bonds is 4. The predicted octanol–water partition coefficient (Wildman–Crippen LogP) is 0.786. The van der Waals surface area contributed by atoms with Crippen LogP contribution in [-0.2, 0) is 4.79 Å². The van der Waals surface area contributed by atoms with Gasteiger partial charge < -0.3 is 10.2 Å². The molecule has 1 N–H and O–H groups in total. The van der Waals surface area contributed by atoms with Crippen LogP contribution in [0.4, 0.5) is 0 Å². The Morgan fingerprint density at radius 3 is 2.22 bits per heavy atom. The molecule has 4 nitrogen and oxygen atoms in total. The van der Waals surface area contributed by atoms with Gasteiger partial charge in [-0.3, -0.25) is 9.69 Å². The summed E-state index contributed by atoms with van der Waals surface area (Å²) >= 11 is 0. The second kappa shape index (κ2) is 6.53. The zero-order valence-corrected chi connectivity index (χ0v) is 11.8. The van der Waals surface area contributed by atoms with E-state index in [1.54, 1.807) is 0 Å². The highest BCUT2D eigenvalue weighted by molar-refractivity contribution is 5.78. The number of likely N-dealkylation sites (N-methyl/N-ethyl adjacent to an activating group) is 1. The number of carbonyl (C=O) groups is 1. The van der Waals surface area contributed by atoms with Crippen LogP contribution in [0, 0.1) is 11.8 Å². The van der Waals surface area contributed by atoms with Gasteiger partial charge in [-0.25, -0.2) is 0 Å². The lowest BCUT2D eigenvalue weighted by molar-refractivity contribution is -0.132. The molecule has 2 aliphatic heterocycles. The zero-order valence-electron chi connectivity index (χ0n) is 11.8. The van der Waals surface area contributed by atoms with Gasteiger partial charge in [0.05, 0.1) is 6.54 Å². The van der Waals surface area contributed by atoms with Gasteiger partial charge in [-0.2, -0.15) is 0 Å². The number of fused-ring (bicyclic) bond motifs is 1. The van der Waals surface area contributed by atoms with E-state index < -0.39 is 0 Å². The number of likely N-dealkylation sites (tertiary alicyclic amines) is 1. The third-order valence-electron chi connectivity index (χ3n) is 4.63. The van der Waals surface area contributed by atoms with Gasteiger partial charge in [0.1, 0.15) is 0 Å². The Bertz CT molecular complexity index is 264. The monoisotopic (exact) mass is 253 g/mol. The van der Waals surface area contributed by atoms with Crippen LogP contribution < -0.4 is 5.32 Å². The van der Waals surface area contributed by atoms with Gasteiger partial charge in [0.25, 0.3) is 0 Å². The minimum absolute atomic E-state index is 0.326. The first-order valence-corrected chi connectivity index (χ1v) is 7.45. The van der Waals surface area contributed by atoms with Crippen LogP contribution >= 0.6 is 0 Å².